The Balaban J connectivity index is 2.39. The SMILES string of the molecule is CCN(C(=O)c1cccc(Cl)c1N)c1ccncc1. The highest BCUT2D eigenvalue weighted by molar-refractivity contribution is 6.34. The van der Waals surface area contributed by atoms with Gasteiger partial charge in [-0.2, -0.15) is 0 Å². The minimum absolute atomic E-state index is 0.172. The van der Waals surface area contributed by atoms with Crippen molar-refractivity contribution < 1.29 is 4.79 Å². The van der Waals surface area contributed by atoms with Gasteiger partial charge in [-0.05, 0) is 31.2 Å². The van der Waals surface area contributed by atoms with E-state index < -0.39 is 0 Å². The fourth-order valence-corrected chi connectivity index (χ4v) is 2.01. The highest BCUT2D eigenvalue weighted by Gasteiger charge is 2.19. The van der Waals surface area contributed by atoms with Crippen LogP contribution in [-0.4, -0.2) is 17.4 Å². The Morgan fingerprint density at radius 3 is 2.63 bits per heavy atom. The lowest BCUT2D eigenvalue weighted by molar-refractivity contribution is 0.0989. The van der Waals surface area contributed by atoms with Crippen molar-refractivity contribution in [3.8, 4) is 0 Å². The number of aromatic nitrogens is 1. The second-order valence-electron chi connectivity index (χ2n) is 3.96. The van der Waals surface area contributed by atoms with E-state index in [4.69, 9.17) is 17.3 Å². The third-order valence-electron chi connectivity index (χ3n) is 2.82. The van der Waals surface area contributed by atoms with E-state index in [1.807, 2.05) is 6.92 Å². The van der Waals surface area contributed by atoms with Gasteiger partial charge < -0.3 is 10.6 Å². The van der Waals surface area contributed by atoms with Crippen molar-refractivity contribution >= 4 is 28.9 Å². The van der Waals surface area contributed by atoms with E-state index in [9.17, 15) is 4.79 Å². The average Bonchev–Trinajstić information content (AvgIpc) is 2.44. The lowest BCUT2D eigenvalue weighted by Gasteiger charge is -2.21. The van der Waals surface area contributed by atoms with Crippen LogP contribution in [0.2, 0.25) is 5.02 Å². The van der Waals surface area contributed by atoms with Crippen LogP contribution in [0.25, 0.3) is 0 Å². The first kappa shape index (κ1) is 13.4. The molecule has 0 spiro atoms. The summed E-state index contributed by atoms with van der Waals surface area (Å²) in [7, 11) is 0. The van der Waals surface area contributed by atoms with Gasteiger partial charge in [0.05, 0.1) is 16.3 Å². The van der Waals surface area contributed by atoms with Crippen LogP contribution < -0.4 is 10.6 Å². The van der Waals surface area contributed by atoms with Crippen molar-refractivity contribution in [1.29, 1.82) is 0 Å². The fourth-order valence-electron chi connectivity index (χ4n) is 1.84. The molecule has 98 valence electrons. The van der Waals surface area contributed by atoms with Crippen molar-refractivity contribution in [3.63, 3.8) is 0 Å². The summed E-state index contributed by atoms with van der Waals surface area (Å²) in [6.07, 6.45) is 3.29. The maximum Gasteiger partial charge on any atom is 0.260 e. The normalized spacial score (nSPS) is 10.2. The number of hydrogen-bond acceptors (Lipinski definition) is 3. The van der Waals surface area contributed by atoms with E-state index in [1.54, 1.807) is 47.6 Å². The Morgan fingerprint density at radius 1 is 1.32 bits per heavy atom. The Hall–Kier alpha value is -2.07. The summed E-state index contributed by atoms with van der Waals surface area (Å²) in [6, 6.07) is 8.61. The van der Waals surface area contributed by atoms with Crippen molar-refractivity contribution in [2.24, 2.45) is 0 Å². The first-order valence-corrected chi connectivity index (χ1v) is 6.28. The zero-order valence-electron chi connectivity index (χ0n) is 10.5. The van der Waals surface area contributed by atoms with Crippen LogP contribution in [0, 0.1) is 0 Å². The number of amides is 1. The van der Waals surface area contributed by atoms with Gasteiger partial charge in [0.15, 0.2) is 0 Å². The standard InChI is InChI=1S/C14H14ClN3O/c1-2-18(10-6-8-17-9-7-10)14(19)11-4-3-5-12(15)13(11)16/h3-9H,2,16H2,1H3. The summed E-state index contributed by atoms with van der Waals surface area (Å²) in [5, 5.41) is 0.386. The number of carbonyl (C=O) groups is 1. The summed E-state index contributed by atoms with van der Waals surface area (Å²) in [5.74, 6) is -0.172. The number of nitrogens with two attached hydrogens (primary N) is 1. The summed E-state index contributed by atoms with van der Waals surface area (Å²) in [4.78, 5) is 18.1. The molecule has 1 aromatic carbocycles. The Bertz CT molecular complexity index is 586. The van der Waals surface area contributed by atoms with E-state index in [-0.39, 0.29) is 5.91 Å². The number of nitrogens with zero attached hydrogens (tertiary/aromatic N) is 2. The number of halogens is 1. The number of anilines is 2. The van der Waals surface area contributed by atoms with Crippen molar-refractivity contribution in [1.82, 2.24) is 4.98 Å². The lowest BCUT2D eigenvalue weighted by Crippen LogP contribution is -2.31. The summed E-state index contributed by atoms with van der Waals surface area (Å²) >= 11 is 5.95. The monoisotopic (exact) mass is 275 g/mol. The third-order valence-corrected chi connectivity index (χ3v) is 3.15. The Labute approximate surface area is 116 Å². The first-order chi connectivity index (χ1) is 9.15. The number of nitrogen functional groups attached to an aromatic ring is 1. The van der Waals surface area contributed by atoms with E-state index >= 15 is 0 Å². The second kappa shape index (κ2) is 5.71. The zero-order valence-corrected chi connectivity index (χ0v) is 11.3. The fraction of sp³-hybridized carbons (Fsp3) is 0.143. The van der Waals surface area contributed by atoms with Gasteiger partial charge >= 0.3 is 0 Å². The molecule has 1 amide bonds. The number of hydrogen-bond donors (Lipinski definition) is 1. The summed E-state index contributed by atoms with van der Waals surface area (Å²) in [6.45, 7) is 2.44. The van der Waals surface area contributed by atoms with Gasteiger partial charge in [0.1, 0.15) is 0 Å². The largest absolute Gasteiger partial charge is 0.397 e. The van der Waals surface area contributed by atoms with Gasteiger partial charge in [0.25, 0.3) is 5.91 Å². The third kappa shape index (κ3) is 2.69. The van der Waals surface area contributed by atoms with Crippen LogP contribution in [0.1, 0.15) is 17.3 Å². The predicted molar refractivity (Wildman–Crippen MR) is 77.5 cm³/mol. The molecule has 5 heteroatoms. The van der Waals surface area contributed by atoms with Gasteiger partial charge in [0, 0.05) is 24.6 Å². The quantitative estimate of drug-likeness (QED) is 0.876. The molecular formula is C14H14ClN3O. The molecule has 0 saturated heterocycles. The van der Waals surface area contributed by atoms with Crippen molar-refractivity contribution in [2.75, 3.05) is 17.2 Å². The molecule has 19 heavy (non-hydrogen) atoms. The molecule has 0 unspecified atom stereocenters. The van der Waals surface area contributed by atoms with Gasteiger partial charge in [-0.25, -0.2) is 0 Å². The van der Waals surface area contributed by atoms with Gasteiger partial charge in [0.2, 0.25) is 0 Å². The molecule has 0 bridgehead atoms. The molecule has 2 N–H and O–H groups in total. The highest BCUT2D eigenvalue weighted by atomic mass is 35.5. The summed E-state index contributed by atoms with van der Waals surface area (Å²) in [5.41, 5.74) is 7.36. The van der Waals surface area contributed by atoms with E-state index in [0.717, 1.165) is 5.69 Å². The van der Waals surface area contributed by atoms with E-state index in [0.29, 0.717) is 22.8 Å². The molecule has 0 aliphatic heterocycles. The second-order valence-corrected chi connectivity index (χ2v) is 4.36. The van der Waals surface area contributed by atoms with Gasteiger partial charge in [-0.15, -0.1) is 0 Å². The average molecular weight is 276 g/mol. The first-order valence-electron chi connectivity index (χ1n) is 5.91. The number of benzene rings is 1. The number of para-hydroxylation sites is 1. The molecule has 0 atom stereocenters. The molecule has 2 aromatic rings. The van der Waals surface area contributed by atoms with Crippen LogP contribution >= 0.6 is 11.6 Å². The molecule has 0 aliphatic rings. The topological polar surface area (TPSA) is 59.2 Å². The van der Waals surface area contributed by atoms with Crippen LogP contribution in [0.3, 0.4) is 0 Å². The van der Waals surface area contributed by atoms with Gasteiger partial charge in [-0.3, -0.25) is 9.78 Å². The minimum atomic E-state index is -0.172. The van der Waals surface area contributed by atoms with Gasteiger partial charge in [-0.1, -0.05) is 17.7 Å². The minimum Gasteiger partial charge on any atom is -0.397 e. The van der Waals surface area contributed by atoms with E-state index in [1.165, 1.54) is 0 Å². The molecule has 1 heterocycles. The molecule has 1 aromatic heterocycles. The molecule has 0 aliphatic carbocycles. The smallest absolute Gasteiger partial charge is 0.260 e. The van der Waals surface area contributed by atoms with Crippen LogP contribution in [0.15, 0.2) is 42.7 Å². The van der Waals surface area contributed by atoms with Crippen molar-refractivity contribution in [3.05, 3.63) is 53.3 Å². The maximum absolute atomic E-state index is 12.5. The molecule has 0 radical (unpaired) electrons. The maximum atomic E-state index is 12.5. The Kier molecular flexibility index (Phi) is 4.02. The van der Waals surface area contributed by atoms with Crippen LogP contribution in [-0.2, 0) is 0 Å². The lowest BCUT2D eigenvalue weighted by atomic mass is 10.1. The van der Waals surface area contributed by atoms with Crippen molar-refractivity contribution in [2.45, 2.75) is 6.92 Å². The highest BCUT2D eigenvalue weighted by Crippen LogP contribution is 2.25. The number of rotatable bonds is 3. The summed E-state index contributed by atoms with van der Waals surface area (Å²) < 4.78 is 0. The number of pyridine rings is 1. The molecule has 0 fully saturated rings. The molecule has 0 saturated carbocycles. The molecular weight excluding hydrogens is 262 g/mol. The van der Waals surface area contributed by atoms with Crippen LogP contribution in [0.5, 0.6) is 0 Å². The molecule has 2 rings (SSSR count). The van der Waals surface area contributed by atoms with Crippen LogP contribution in [0.4, 0.5) is 11.4 Å². The number of carbonyl (C=O) groups excluding carboxylic acids is 1. The molecule has 4 nitrogen and oxygen atoms in total. The zero-order chi connectivity index (χ0) is 13.8. The predicted octanol–water partition coefficient (Wildman–Crippen LogP) is 2.98. The Morgan fingerprint density at radius 2 is 2.00 bits per heavy atom. The van der Waals surface area contributed by atoms with E-state index in [2.05, 4.69) is 4.98 Å².